The summed E-state index contributed by atoms with van der Waals surface area (Å²) < 4.78 is 22.7. The first-order valence-corrected chi connectivity index (χ1v) is 8.27. The van der Waals surface area contributed by atoms with Gasteiger partial charge in [-0.1, -0.05) is 6.07 Å². The Balaban J connectivity index is 1.91. The van der Waals surface area contributed by atoms with Crippen molar-refractivity contribution < 1.29 is 13.2 Å². The van der Waals surface area contributed by atoms with Crippen molar-refractivity contribution in [1.82, 2.24) is 9.97 Å². The van der Waals surface area contributed by atoms with Crippen molar-refractivity contribution in [3.05, 3.63) is 41.7 Å². The monoisotopic (exact) mass is 318 g/mol. The molecule has 1 aromatic heterocycles. The van der Waals surface area contributed by atoms with E-state index in [1.54, 1.807) is 18.3 Å². The number of nitrogens with one attached hydrogen (secondary N) is 1. The molecule has 7 nitrogen and oxygen atoms in total. The predicted molar refractivity (Wildman–Crippen MR) is 80.4 cm³/mol. The second-order valence-electron chi connectivity index (χ2n) is 5.04. The Hall–Kier alpha value is -2.32. The van der Waals surface area contributed by atoms with Crippen LogP contribution in [-0.2, 0) is 16.4 Å². The molecule has 1 aliphatic rings. The molecular weight excluding hydrogens is 304 g/mol. The number of nitrogens with zero attached hydrogens (tertiary/aromatic N) is 2. The molecule has 0 amide bonds. The third-order valence-electron chi connectivity index (χ3n) is 3.40. The number of sulfonamides is 1. The fourth-order valence-electron chi connectivity index (χ4n) is 2.33. The molecule has 1 aromatic carbocycles. The standard InChI is InChI=1S/C14H14N4O3S/c15-22(20,21)11-5-2-4-10(7-11)17-14-16-8-9-3-1-6-12(19)13(9)18-14/h2,4-5,7-8H,1,3,6H2,(H2,15,20,21)(H,16,17,18). The number of fused-ring (bicyclic) bond motifs is 1. The van der Waals surface area contributed by atoms with E-state index in [0.29, 0.717) is 17.8 Å². The van der Waals surface area contributed by atoms with Crippen LogP contribution in [0.1, 0.15) is 28.9 Å². The maximum absolute atomic E-state index is 11.9. The largest absolute Gasteiger partial charge is 0.324 e. The molecule has 0 atom stereocenters. The van der Waals surface area contributed by atoms with Crippen LogP contribution in [0.5, 0.6) is 0 Å². The van der Waals surface area contributed by atoms with Crippen LogP contribution < -0.4 is 10.5 Å². The molecule has 0 saturated heterocycles. The van der Waals surface area contributed by atoms with E-state index in [1.807, 2.05) is 0 Å². The lowest BCUT2D eigenvalue weighted by Gasteiger charge is -2.14. The topological polar surface area (TPSA) is 115 Å². The van der Waals surface area contributed by atoms with Crippen LogP contribution in [0.2, 0.25) is 0 Å². The van der Waals surface area contributed by atoms with E-state index in [1.165, 1.54) is 12.1 Å². The Morgan fingerprint density at radius 2 is 2.05 bits per heavy atom. The number of primary sulfonamides is 1. The maximum atomic E-state index is 11.9. The molecule has 0 saturated carbocycles. The Morgan fingerprint density at radius 1 is 1.23 bits per heavy atom. The highest BCUT2D eigenvalue weighted by Gasteiger charge is 2.19. The minimum atomic E-state index is -3.78. The Bertz CT molecular complexity index is 849. The summed E-state index contributed by atoms with van der Waals surface area (Å²) in [6.07, 6.45) is 3.73. The predicted octanol–water partition coefficient (Wildman–Crippen LogP) is 1.39. The highest BCUT2D eigenvalue weighted by Crippen LogP contribution is 2.22. The molecule has 0 unspecified atom stereocenters. The molecule has 0 bridgehead atoms. The molecule has 2 aromatic rings. The summed E-state index contributed by atoms with van der Waals surface area (Å²) in [6.45, 7) is 0. The number of ketones is 1. The summed E-state index contributed by atoms with van der Waals surface area (Å²) in [6, 6.07) is 6.02. The van der Waals surface area contributed by atoms with Crippen molar-refractivity contribution in [2.75, 3.05) is 5.32 Å². The van der Waals surface area contributed by atoms with Crippen LogP contribution in [0, 0.1) is 0 Å². The molecule has 0 fully saturated rings. The van der Waals surface area contributed by atoms with Gasteiger partial charge in [-0.05, 0) is 36.6 Å². The third-order valence-corrected chi connectivity index (χ3v) is 4.31. The fourth-order valence-corrected chi connectivity index (χ4v) is 2.89. The van der Waals surface area contributed by atoms with Gasteiger partial charge in [-0.2, -0.15) is 0 Å². The molecule has 0 spiro atoms. The van der Waals surface area contributed by atoms with Crippen molar-refractivity contribution in [1.29, 1.82) is 0 Å². The summed E-state index contributed by atoms with van der Waals surface area (Å²) >= 11 is 0. The van der Waals surface area contributed by atoms with Crippen LogP contribution >= 0.6 is 0 Å². The second kappa shape index (κ2) is 5.47. The summed E-state index contributed by atoms with van der Waals surface area (Å²) in [7, 11) is -3.78. The Morgan fingerprint density at radius 3 is 2.82 bits per heavy atom. The van der Waals surface area contributed by atoms with Gasteiger partial charge in [0.1, 0.15) is 5.69 Å². The minimum absolute atomic E-state index is 0.00462. The lowest BCUT2D eigenvalue weighted by Crippen LogP contribution is -2.15. The molecule has 8 heteroatoms. The van der Waals surface area contributed by atoms with E-state index in [0.717, 1.165) is 18.4 Å². The van der Waals surface area contributed by atoms with Gasteiger partial charge in [-0.25, -0.2) is 23.5 Å². The first-order valence-electron chi connectivity index (χ1n) is 6.72. The molecule has 114 valence electrons. The molecular formula is C14H14N4O3S. The van der Waals surface area contributed by atoms with Crippen molar-refractivity contribution in [3.63, 3.8) is 0 Å². The van der Waals surface area contributed by atoms with E-state index in [-0.39, 0.29) is 16.6 Å². The fraction of sp³-hybridized carbons (Fsp3) is 0.214. The summed E-state index contributed by atoms with van der Waals surface area (Å²) in [5.74, 6) is 0.255. The first-order chi connectivity index (χ1) is 10.4. The van der Waals surface area contributed by atoms with Gasteiger partial charge < -0.3 is 5.32 Å². The summed E-state index contributed by atoms with van der Waals surface area (Å²) in [4.78, 5) is 20.2. The second-order valence-corrected chi connectivity index (χ2v) is 6.60. The zero-order chi connectivity index (χ0) is 15.7. The number of benzene rings is 1. The van der Waals surface area contributed by atoms with Crippen molar-refractivity contribution in [2.24, 2.45) is 5.14 Å². The van der Waals surface area contributed by atoms with Gasteiger partial charge in [-0.15, -0.1) is 0 Å². The van der Waals surface area contributed by atoms with Crippen LogP contribution in [0.15, 0.2) is 35.4 Å². The van der Waals surface area contributed by atoms with Crippen molar-refractivity contribution >= 4 is 27.4 Å². The number of carbonyl (C=O) groups is 1. The molecule has 3 rings (SSSR count). The highest BCUT2D eigenvalue weighted by atomic mass is 32.2. The van der Waals surface area contributed by atoms with Crippen LogP contribution in [0.4, 0.5) is 11.6 Å². The first kappa shape index (κ1) is 14.6. The molecule has 0 aliphatic heterocycles. The number of hydrogen-bond acceptors (Lipinski definition) is 6. The van der Waals surface area contributed by atoms with Gasteiger partial charge in [0.25, 0.3) is 0 Å². The Kier molecular flexibility index (Phi) is 3.63. The number of aromatic nitrogens is 2. The quantitative estimate of drug-likeness (QED) is 0.883. The maximum Gasteiger partial charge on any atom is 0.238 e. The van der Waals surface area contributed by atoms with Crippen molar-refractivity contribution in [2.45, 2.75) is 24.2 Å². The lowest BCUT2D eigenvalue weighted by atomic mass is 9.96. The van der Waals surface area contributed by atoms with E-state index in [2.05, 4.69) is 15.3 Å². The number of anilines is 2. The van der Waals surface area contributed by atoms with Gasteiger partial charge in [0.15, 0.2) is 5.78 Å². The molecule has 1 aliphatic carbocycles. The van der Waals surface area contributed by atoms with E-state index < -0.39 is 10.0 Å². The number of Topliss-reactive ketones (excluding diaryl/α,β-unsaturated/α-hetero) is 1. The number of aryl methyl sites for hydroxylation is 1. The lowest BCUT2D eigenvalue weighted by molar-refractivity contribution is 0.0967. The molecule has 22 heavy (non-hydrogen) atoms. The van der Waals surface area contributed by atoms with Gasteiger partial charge >= 0.3 is 0 Å². The normalized spacial score (nSPS) is 14.5. The summed E-state index contributed by atoms with van der Waals surface area (Å²) in [5.41, 5.74) is 1.76. The molecule has 3 N–H and O–H groups in total. The van der Waals surface area contributed by atoms with Gasteiger partial charge in [0, 0.05) is 18.3 Å². The van der Waals surface area contributed by atoms with E-state index in [4.69, 9.17) is 5.14 Å². The van der Waals surface area contributed by atoms with E-state index >= 15 is 0 Å². The van der Waals surface area contributed by atoms with E-state index in [9.17, 15) is 13.2 Å². The number of rotatable bonds is 3. The highest BCUT2D eigenvalue weighted by molar-refractivity contribution is 7.89. The zero-order valence-electron chi connectivity index (χ0n) is 11.6. The number of hydrogen-bond donors (Lipinski definition) is 2. The van der Waals surface area contributed by atoms with Crippen molar-refractivity contribution in [3.8, 4) is 0 Å². The smallest absolute Gasteiger partial charge is 0.238 e. The molecule has 1 heterocycles. The van der Waals surface area contributed by atoms with Gasteiger partial charge in [-0.3, -0.25) is 4.79 Å². The average molecular weight is 318 g/mol. The SMILES string of the molecule is NS(=O)(=O)c1cccc(Nc2ncc3c(n2)C(=O)CCC3)c1. The van der Waals surface area contributed by atoms with Crippen LogP contribution in [0.3, 0.4) is 0 Å². The minimum Gasteiger partial charge on any atom is -0.324 e. The van der Waals surface area contributed by atoms with Gasteiger partial charge in [0.2, 0.25) is 16.0 Å². The molecule has 0 radical (unpaired) electrons. The number of carbonyl (C=O) groups excluding carboxylic acids is 1. The number of nitrogens with two attached hydrogens (primary N) is 1. The third kappa shape index (κ3) is 2.97. The van der Waals surface area contributed by atoms with Gasteiger partial charge in [0.05, 0.1) is 4.90 Å². The Labute approximate surface area is 127 Å². The summed E-state index contributed by atoms with van der Waals surface area (Å²) in [5, 5.41) is 7.99. The van der Waals surface area contributed by atoms with Crippen LogP contribution in [-0.4, -0.2) is 24.2 Å². The zero-order valence-corrected chi connectivity index (χ0v) is 12.4. The average Bonchev–Trinajstić information content (AvgIpc) is 2.48. The van der Waals surface area contributed by atoms with Crippen LogP contribution in [0.25, 0.3) is 0 Å².